The second kappa shape index (κ2) is 2.59. The number of cyclic esters (lactones) is 2. The van der Waals surface area contributed by atoms with E-state index in [9.17, 15) is 13.8 Å². The van der Waals surface area contributed by atoms with E-state index in [1.54, 1.807) is 6.08 Å². The second-order valence-electron chi connectivity index (χ2n) is 4.23. The van der Waals surface area contributed by atoms with E-state index in [2.05, 4.69) is 0 Å². The summed E-state index contributed by atoms with van der Waals surface area (Å²) in [5.74, 6) is -0.802. The molecule has 4 aliphatic heterocycles. The Bertz CT molecular complexity index is 462. The SMILES string of the molecule is O=C1OC(=O)C23[I-]S(=O)CC12C1C=CC3O1. The van der Waals surface area contributed by atoms with E-state index in [-0.39, 0.29) is 5.75 Å². The third-order valence-corrected chi connectivity index (χ3v) is 11.3. The van der Waals surface area contributed by atoms with Crippen LogP contribution in [0.3, 0.4) is 0 Å². The molecule has 0 radical (unpaired) electrons. The number of esters is 2. The molecule has 3 saturated heterocycles. The fourth-order valence-electron chi connectivity index (χ4n) is 2.96. The van der Waals surface area contributed by atoms with Gasteiger partial charge in [-0.25, -0.2) is 0 Å². The Kier molecular flexibility index (Phi) is 1.57. The molecule has 5 atom stereocenters. The summed E-state index contributed by atoms with van der Waals surface area (Å²) in [6.07, 6.45) is 2.80. The number of fused-ring (bicyclic) bond motifs is 2. The van der Waals surface area contributed by atoms with Gasteiger partial charge in [0.15, 0.2) is 0 Å². The van der Waals surface area contributed by atoms with Crippen LogP contribution in [0.25, 0.3) is 0 Å². The van der Waals surface area contributed by atoms with Crippen LogP contribution in [0.1, 0.15) is 0 Å². The van der Waals surface area contributed by atoms with Gasteiger partial charge in [0.1, 0.15) is 0 Å². The van der Waals surface area contributed by atoms with E-state index in [1.807, 2.05) is 6.08 Å². The monoisotopic (exact) mass is 353 g/mol. The molecule has 86 valence electrons. The van der Waals surface area contributed by atoms with E-state index in [4.69, 9.17) is 9.47 Å². The maximum atomic E-state index is 11.9. The van der Waals surface area contributed by atoms with Crippen molar-refractivity contribution in [2.75, 3.05) is 5.75 Å². The molecule has 3 fully saturated rings. The van der Waals surface area contributed by atoms with E-state index >= 15 is 0 Å². The quantitative estimate of drug-likeness (QED) is 0.111. The number of rotatable bonds is 0. The van der Waals surface area contributed by atoms with Crippen LogP contribution in [0.15, 0.2) is 12.2 Å². The van der Waals surface area contributed by atoms with Gasteiger partial charge in [-0.15, -0.1) is 0 Å². The van der Waals surface area contributed by atoms with Gasteiger partial charge in [-0.2, -0.15) is 0 Å². The molecule has 0 saturated carbocycles. The molecule has 0 aromatic carbocycles. The van der Waals surface area contributed by atoms with Crippen LogP contribution < -0.4 is 19.8 Å². The predicted molar refractivity (Wildman–Crippen MR) is 47.1 cm³/mol. The molecule has 5 unspecified atom stereocenters. The van der Waals surface area contributed by atoms with Crippen molar-refractivity contribution in [2.24, 2.45) is 5.41 Å². The topological polar surface area (TPSA) is 69.7 Å². The van der Waals surface area contributed by atoms with Crippen molar-refractivity contribution in [2.45, 2.75) is 15.6 Å². The van der Waals surface area contributed by atoms with Crippen molar-refractivity contribution in [3.63, 3.8) is 0 Å². The zero-order chi connectivity index (χ0) is 11.1. The van der Waals surface area contributed by atoms with Crippen LogP contribution >= 0.6 is 0 Å². The molecule has 7 heteroatoms. The maximum absolute atomic E-state index is 11.9. The van der Waals surface area contributed by atoms with Crippen LogP contribution in [-0.2, 0) is 27.0 Å². The zero-order valence-corrected chi connectivity index (χ0v) is 10.8. The fourth-order valence-corrected chi connectivity index (χ4v) is 12.6. The summed E-state index contributed by atoms with van der Waals surface area (Å²) in [5.41, 5.74) is -0.957. The minimum atomic E-state index is -1.03. The Labute approximate surface area is 102 Å². The summed E-state index contributed by atoms with van der Waals surface area (Å²) >= 11 is -0.921. The van der Waals surface area contributed by atoms with Crippen molar-refractivity contribution in [3.05, 3.63) is 12.2 Å². The van der Waals surface area contributed by atoms with Gasteiger partial charge in [-0.3, -0.25) is 0 Å². The molecule has 0 aromatic heterocycles. The van der Waals surface area contributed by atoms with E-state index in [0.29, 0.717) is 0 Å². The first-order chi connectivity index (χ1) is 7.61. The Morgan fingerprint density at radius 3 is 2.81 bits per heavy atom. The molecular formula is C9H6IO5S-. The van der Waals surface area contributed by atoms with Crippen LogP contribution in [0.5, 0.6) is 0 Å². The van der Waals surface area contributed by atoms with Gasteiger partial charge in [0.05, 0.1) is 0 Å². The Morgan fingerprint density at radius 2 is 2.06 bits per heavy atom. The molecule has 2 bridgehead atoms. The summed E-state index contributed by atoms with van der Waals surface area (Å²) in [6, 6.07) is 0. The van der Waals surface area contributed by atoms with Gasteiger partial charge in [0, 0.05) is 0 Å². The first-order valence-electron chi connectivity index (χ1n) is 4.77. The average Bonchev–Trinajstić information content (AvgIpc) is 2.86. The Balaban J connectivity index is 2.05. The van der Waals surface area contributed by atoms with E-state index in [1.165, 1.54) is 0 Å². The van der Waals surface area contributed by atoms with Crippen molar-refractivity contribution in [3.8, 4) is 0 Å². The van der Waals surface area contributed by atoms with Gasteiger partial charge in [-0.1, -0.05) is 0 Å². The minimum absolute atomic E-state index is 0.233. The number of hydrogen-bond acceptors (Lipinski definition) is 5. The van der Waals surface area contributed by atoms with E-state index in [0.717, 1.165) is 0 Å². The van der Waals surface area contributed by atoms with Crippen molar-refractivity contribution in [1.82, 2.24) is 0 Å². The number of carbonyl (C=O) groups is 2. The van der Waals surface area contributed by atoms with Gasteiger partial charge in [0.25, 0.3) is 0 Å². The van der Waals surface area contributed by atoms with Gasteiger partial charge >= 0.3 is 102 Å². The zero-order valence-electron chi connectivity index (χ0n) is 7.84. The number of ether oxygens (including phenoxy) is 2. The molecule has 16 heavy (non-hydrogen) atoms. The van der Waals surface area contributed by atoms with Crippen LogP contribution in [-0.4, -0.2) is 37.5 Å². The molecule has 4 aliphatic rings. The predicted octanol–water partition coefficient (Wildman–Crippen LogP) is -4.10. The second-order valence-corrected chi connectivity index (χ2v) is 11.2. The first kappa shape index (κ1) is 9.72. The summed E-state index contributed by atoms with van der Waals surface area (Å²) in [6.45, 7) is 0. The van der Waals surface area contributed by atoms with Crippen molar-refractivity contribution in [1.29, 1.82) is 0 Å². The van der Waals surface area contributed by atoms with E-state index < -0.39 is 60.8 Å². The van der Waals surface area contributed by atoms with Crippen LogP contribution in [0, 0.1) is 5.41 Å². The number of halogens is 1. The molecule has 4 rings (SSSR count). The van der Waals surface area contributed by atoms with Gasteiger partial charge in [0.2, 0.25) is 0 Å². The third kappa shape index (κ3) is 0.715. The molecule has 4 heterocycles. The Hall–Kier alpha value is -0.280. The van der Waals surface area contributed by atoms with Crippen LogP contribution in [0.4, 0.5) is 0 Å². The molecule has 5 nitrogen and oxygen atoms in total. The molecule has 0 aromatic rings. The summed E-state index contributed by atoms with van der Waals surface area (Å²) < 4.78 is 21.3. The fraction of sp³-hybridized carbons (Fsp3) is 0.556. The summed E-state index contributed by atoms with van der Waals surface area (Å²) in [5, 5.41) is 0. The third-order valence-electron chi connectivity index (χ3n) is 3.68. The van der Waals surface area contributed by atoms with Crippen molar-refractivity contribution >= 4 is 19.9 Å². The molecule has 0 spiro atoms. The number of alkyl halides is 1. The molecule has 0 amide bonds. The van der Waals surface area contributed by atoms with Gasteiger partial charge in [-0.05, 0) is 0 Å². The van der Waals surface area contributed by atoms with Crippen LogP contribution in [0.2, 0.25) is 0 Å². The number of carbonyl (C=O) groups excluding carboxylic acids is 2. The van der Waals surface area contributed by atoms with Gasteiger partial charge < -0.3 is 0 Å². The average molecular weight is 353 g/mol. The number of hydrogen-bond donors (Lipinski definition) is 0. The molecule has 0 N–H and O–H groups in total. The summed E-state index contributed by atoms with van der Waals surface area (Å²) in [4.78, 5) is 23.9. The standard InChI is InChI=1S/C9H6IO5S/c11-6-8-3-16(13)10-9(8,7(12)15-6)5-2-1-4(8)14-5/h1-2,4-5H,3H2/q-1. The van der Waals surface area contributed by atoms with Crippen molar-refractivity contribution < 1.29 is 43.1 Å². The normalized spacial score (nSPS) is 57.1. The summed E-state index contributed by atoms with van der Waals surface area (Å²) in [7, 11) is -1.03. The Morgan fingerprint density at radius 1 is 1.31 bits per heavy atom. The molecular weight excluding hydrogens is 347 g/mol. The first-order valence-corrected chi connectivity index (χ1v) is 9.71. The molecule has 0 aliphatic carbocycles.